The van der Waals surface area contributed by atoms with Gasteiger partial charge in [0.15, 0.2) is 15.8 Å². The van der Waals surface area contributed by atoms with Crippen molar-refractivity contribution >= 4 is 76.6 Å². The van der Waals surface area contributed by atoms with Gasteiger partial charge in [-0.05, 0) is 25.6 Å². The van der Waals surface area contributed by atoms with E-state index >= 15 is 0 Å². The number of amides is 2. The second-order valence-electron chi connectivity index (χ2n) is 6.68. The first-order valence-electron chi connectivity index (χ1n) is 9.12. The number of halogens is 2. The van der Waals surface area contributed by atoms with Gasteiger partial charge in [0.2, 0.25) is 5.91 Å². The molecule has 3 atom stereocenters. The van der Waals surface area contributed by atoms with E-state index in [9.17, 15) is 19.0 Å². The van der Waals surface area contributed by atoms with Crippen molar-refractivity contribution in [1.29, 1.82) is 0 Å². The van der Waals surface area contributed by atoms with Gasteiger partial charge in [-0.1, -0.05) is 23.9 Å². The van der Waals surface area contributed by atoms with Gasteiger partial charge in [0, 0.05) is 38.4 Å². The number of carbonyl (C=O) groups excluding carboxylic acids is 2. The Morgan fingerprint density at radius 3 is 2.35 bits per heavy atom. The van der Waals surface area contributed by atoms with Crippen molar-refractivity contribution in [1.82, 2.24) is 14.5 Å². The van der Waals surface area contributed by atoms with Crippen LogP contribution in [0.25, 0.3) is 0 Å². The van der Waals surface area contributed by atoms with Crippen LogP contribution in [0.1, 0.15) is 13.8 Å². The number of thioether (sulfide) groups is 2. The highest BCUT2D eigenvalue weighted by Crippen LogP contribution is 2.50. The van der Waals surface area contributed by atoms with Crippen LogP contribution in [-0.2, 0) is 18.7 Å². The molecule has 0 aromatic rings. The highest BCUT2D eigenvalue weighted by molar-refractivity contribution is 8.16. The van der Waals surface area contributed by atoms with Crippen molar-refractivity contribution in [3.05, 3.63) is 12.2 Å². The fourth-order valence-corrected chi connectivity index (χ4v) is 6.58. The molecule has 0 radical (unpaired) electrons. The summed E-state index contributed by atoms with van der Waals surface area (Å²) in [7, 11) is -2.86. The molecule has 2 aliphatic heterocycles. The van der Waals surface area contributed by atoms with Gasteiger partial charge in [0.1, 0.15) is 0 Å². The smallest absolute Gasteiger partial charge is 0.312 e. The van der Waals surface area contributed by atoms with Crippen molar-refractivity contribution in [2.75, 3.05) is 38.4 Å². The summed E-state index contributed by atoms with van der Waals surface area (Å²) in [6, 6.07) is 0. The van der Waals surface area contributed by atoms with Crippen molar-refractivity contribution < 1.29 is 23.6 Å². The molecule has 3 unspecified atom stereocenters. The molecule has 2 saturated heterocycles. The monoisotopic (exact) mass is 531 g/mol. The SMILES string of the molecule is C=C(C)CN1C(=O)C(C)SC1=NN=C1SC(OP(=O)(O)N(CCCl)CCCl)C(=O)N1C. The van der Waals surface area contributed by atoms with Gasteiger partial charge < -0.3 is 4.89 Å². The maximum atomic E-state index is 12.6. The maximum Gasteiger partial charge on any atom is 0.407 e. The average Bonchev–Trinajstić information content (AvgIpc) is 3.10. The molecule has 0 aromatic heterocycles. The summed E-state index contributed by atoms with van der Waals surface area (Å²) in [4.78, 5) is 37.8. The third-order valence-electron chi connectivity index (χ3n) is 4.08. The van der Waals surface area contributed by atoms with E-state index in [-0.39, 0.29) is 41.2 Å². The van der Waals surface area contributed by atoms with Gasteiger partial charge in [-0.25, -0.2) is 9.24 Å². The van der Waals surface area contributed by atoms with Gasteiger partial charge >= 0.3 is 7.75 Å². The topological polar surface area (TPSA) is 115 Å². The summed E-state index contributed by atoms with van der Waals surface area (Å²) in [6.07, 6.45) is 0. The Morgan fingerprint density at radius 1 is 1.23 bits per heavy atom. The van der Waals surface area contributed by atoms with Crippen LogP contribution in [-0.4, -0.2) is 90.6 Å². The van der Waals surface area contributed by atoms with E-state index in [0.717, 1.165) is 22.0 Å². The highest BCUT2D eigenvalue weighted by Gasteiger charge is 2.43. The quantitative estimate of drug-likeness (QED) is 0.198. The maximum absolute atomic E-state index is 12.6. The van der Waals surface area contributed by atoms with Crippen LogP contribution in [0.15, 0.2) is 22.4 Å². The molecule has 2 rings (SSSR count). The Hall–Kier alpha value is -0.590. The Bertz CT molecular complexity index is 839. The lowest BCUT2D eigenvalue weighted by Gasteiger charge is -2.26. The zero-order valence-corrected chi connectivity index (χ0v) is 21.3. The van der Waals surface area contributed by atoms with Gasteiger partial charge in [0.05, 0.1) is 5.25 Å². The Labute approximate surface area is 199 Å². The average molecular weight is 532 g/mol. The number of likely N-dealkylation sites (N-methyl/N-ethyl adjacent to an activating group) is 1. The lowest BCUT2D eigenvalue weighted by molar-refractivity contribution is -0.129. The molecule has 0 aliphatic carbocycles. The molecule has 2 heterocycles. The van der Waals surface area contributed by atoms with Gasteiger partial charge in [0.25, 0.3) is 5.91 Å². The number of carbonyl (C=O) groups is 2. The third kappa shape index (κ3) is 6.70. The first-order chi connectivity index (χ1) is 14.5. The normalized spacial score (nSPS) is 26.5. The first-order valence-corrected chi connectivity index (χ1v) is 13.5. The molecular formula is C16H24Cl2N5O5PS2. The Kier molecular flexibility index (Phi) is 9.90. The molecule has 0 bridgehead atoms. The number of hydrogen-bond acceptors (Lipinski definition) is 8. The Morgan fingerprint density at radius 2 is 1.81 bits per heavy atom. The molecule has 15 heteroatoms. The summed E-state index contributed by atoms with van der Waals surface area (Å²) in [5.41, 5.74) is -0.493. The predicted molar refractivity (Wildman–Crippen MR) is 127 cm³/mol. The highest BCUT2D eigenvalue weighted by atomic mass is 35.5. The van der Waals surface area contributed by atoms with E-state index in [4.69, 9.17) is 27.7 Å². The summed E-state index contributed by atoms with van der Waals surface area (Å²) in [6.45, 7) is 7.85. The van der Waals surface area contributed by atoms with Crippen molar-refractivity contribution in [3.8, 4) is 0 Å². The minimum absolute atomic E-state index is 0.0695. The molecule has 2 fully saturated rings. The first kappa shape index (κ1) is 26.7. The number of nitrogens with zero attached hydrogens (tertiary/aromatic N) is 5. The van der Waals surface area contributed by atoms with Crippen LogP contribution in [0, 0.1) is 0 Å². The zero-order valence-electron chi connectivity index (χ0n) is 17.2. The van der Waals surface area contributed by atoms with Gasteiger partial charge in [-0.15, -0.1) is 33.4 Å². The van der Waals surface area contributed by atoms with Crippen LogP contribution >= 0.6 is 54.5 Å². The van der Waals surface area contributed by atoms with Gasteiger partial charge in [-0.2, -0.15) is 0 Å². The number of amidine groups is 2. The standard InChI is InChI=1S/C16H24Cl2N5O5PS2/c1-10(2)9-23-12(24)11(3)30-16(23)20-19-15-21(4)13(25)14(31-15)28-29(26,27)22(7-5-17)8-6-18/h11,14H,1,5-9H2,2-4H3,(H,26,27). The van der Waals surface area contributed by atoms with Crippen molar-refractivity contribution in [3.63, 3.8) is 0 Å². The van der Waals surface area contributed by atoms with E-state index in [1.165, 1.54) is 28.6 Å². The number of rotatable bonds is 10. The molecular weight excluding hydrogens is 508 g/mol. The van der Waals surface area contributed by atoms with E-state index in [0.29, 0.717) is 11.7 Å². The Balaban J connectivity index is 2.18. The molecule has 2 aliphatic rings. The van der Waals surface area contributed by atoms with Gasteiger partial charge in [-0.3, -0.25) is 23.9 Å². The summed E-state index contributed by atoms with van der Waals surface area (Å²) >= 11 is 13.5. The minimum atomic E-state index is -4.32. The van der Waals surface area contributed by atoms with Crippen LogP contribution < -0.4 is 0 Å². The lowest BCUT2D eigenvalue weighted by atomic mass is 10.3. The molecule has 0 aromatic carbocycles. The number of hydrogen-bond donors (Lipinski definition) is 1. The predicted octanol–water partition coefficient (Wildman–Crippen LogP) is 2.58. The molecule has 10 nitrogen and oxygen atoms in total. The van der Waals surface area contributed by atoms with Crippen molar-refractivity contribution in [2.45, 2.75) is 24.5 Å². The van der Waals surface area contributed by atoms with Crippen LogP contribution in [0.4, 0.5) is 0 Å². The fourth-order valence-electron chi connectivity index (χ4n) is 2.55. The third-order valence-corrected chi connectivity index (χ3v) is 8.31. The molecule has 0 saturated carbocycles. The summed E-state index contributed by atoms with van der Waals surface area (Å²) in [5, 5.41) is 8.47. The number of alkyl halides is 2. The van der Waals surface area contributed by atoms with E-state index < -0.39 is 19.1 Å². The fraction of sp³-hybridized carbons (Fsp3) is 0.625. The van der Waals surface area contributed by atoms with Crippen LogP contribution in [0.5, 0.6) is 0 Å². The minimum Gasteiger partial charge on any atom is -0.312 e. The van der Waals surface area contributed by atoms with Crippen molar-refractivity contribution in [2.24, 2.45) is 10.2 Å². The summed E-state index contributed by atoms with van der Waals surface area (Å²) < 4.78 is 19.0. The van der Waals surface area contributed by atoms with E-state index in [1.54, 1.807) is 13.8 Å². The van der Waals surface area contributed by atoms with Crippen LogP contribution in [0.2, 0.25) is 0 Å². The molecule has 1 N–H and O–H groups in total. The van der Waals surface area contributed by atoms with E-state index in [1.807, 2.05) is 0 Å². The second kappa shape index (κ2) is 11.5. The largest absolute Gasteiger partial charge is 0.407 e. The lowest BCUT2D eigenvalue weighted by Crippen LogP contribution is -2.33. The van der Waals surface area contributed by atoms with E-state index in [2.05, 4.69) is 16.8 Å². The zero-order chi connectivity index (χ0) is 23.3. The molecule has 2 amide bonds. The van der Waals surface area contributed by atoms with Crippen LogP contribution in [0.3, 0.4) is 0 Å². The second-order valence-corrected chi connectivity index (χ2v) is 11.5. The molecule has 31 heavy (non-hydrogen) atoms. The molecule has 174 valence electrons. The summed E-state index contributed by atoms with van der Waals surface area (Å²) in [5.74, 6) is -0.472. The molecule has 0 spiro atoms.